The zero-order valence-corrected chi connectivity index (χ0v) is 12.0. The van der Waals surface area contributed by atoms with Gasteiger partial charge in [0, 0.05) is 17.2 Å². The van der Waals surface area contributed by atoms with E-state index in [1.54, 1.807) is 12.1 Å². The highest BCUT2D eigenvalue weighted by molar-refractivity contribution is 9.10. The predicted molar refractivity (Wildman–Crippen MR) is 77.9 cm³/mol. The number of fused-ring (bicyclic) bond motifs is 1. The van der Waals surface area contributed by atoms with E-state index in [1.165, 1.54) is 11.1 Å². The lowest BCUT2D eigenvalue weighted by Gasteiger charge is -2.30. The molecular formula is C14H10BBrN2O2. The highest BCUT2D eigenvalue weighted by atomic mass is 79.9. The molecular weight excluding hydrogens is 319 g/mol. The number of carbonyl (C=O) groups excluding carboxylic acids is 1. The lowest BCUT2D eigenvalue weighted by Crippen LogP contribution is -2.44. The molecule has 98 valence electrons. The van der Waals surface area contributed by atoms with Crippen LogP contribution >= 0.6 is 15.9 Å². The number of aliphatic hydroxyl groups is 1. The number of benzene rings is 1. The fourth-order valence-corrected chi connectivity index (χ4v) is 2.53. The van der Waals surface area contributed by atoms with Gasteiger partial charge in [-0.2, -0.15) is 0 Å². The molecule has 1 aliphatic rings. The maximum atomic E-state index is 12.3. The topological polar surface area (TPSA) is 53.4 Å². The SMILES string of the molecule is [B]C1(O)c2ncccc2C(=O)N1Cc1ccc(Br)cc1. The molecule has 1 aromatic heterocycles. The maximum absolute atomic E-state index is 12.3. The maximum Gasteiger partial charge on any atom is 0.258 e. The third-order valence-electron chi connectivity index (χ3n) is 3.30. The van der Waals surface area contributed by atoms with Crippen molar-refractivity contribution in [2.45, 2.75) is 12.2 Å². The Morgan fingerprint density at radius 3 is 2.65 bits per heavy atom. The lowest BCUT2D eigenvalue weighted by molar-refractivity contribution is -0.0223. The first-order valence-corrected chi connectivity index (χ1v) is 6.82. The molecule has 1 aromatic carbocycles. The number of hydrogen-bond acceptors (Lipinski definition) is 3. The van der Waals surface area contributed by atoms with Crippen molar-refractivity contribution in [3.63, 3.8) is 0 Å². The zero-order chi connectivity index (χ0) is 14.3. The molecule has 0 bridgehead atoms. The molecule has 1 amide bonds. The molecule has 2 heterocycles. The van der Waals surface area contributed by atoms with Gasteiger partial charge in [-0.05, 0) is 29.8 Å². The van der Waals surface area contributed by atoms with Crippen LogP contribution in [0.4, 0.5) is 0 Å². The number of aromatic nitrogens is 1. The van der Waals surface area contributed by atoms with Crippen molar-refractivity contribution >= 4 is 29.7 Å². The van der Waals surface area contributed by atoms with Gasteiger partial charge in [-0.25, -0.2) is 0 Å². The van der Waals surface area contributed by atoms with E-state index in [-0.39, 0.29) is 18.1 Å². The Kier molecular flexibility index (Phi) is 3.14. The second kappa shape index (κ2) is 4.72. The molecule has 1 atom stereocenters. The summed E-state index contributed by atoms with van der Waals surface area (Å²) in [5.74, 6) is -0.319. The molecule has 2 radical (unpaired) electrons. The summed E-state index contributed by atoms with van der Waals surface area (Å²) < 4.78 is 0.946. The molecule has 1 aliphatic heterocycles. The summed E-state index contributed by atoms with van der Waals surface area (Å²) in [7, 11) is 5.89. The first kappa shape index (κ1) is 13.3. The quantitative estimate of drug-likeness (QED) is 0.855. The Morgan fingerprint density at radius 1 is 1.30 bits per heavy atom. The Balaban J connectivity index is 1.96. The summed E-state index contributed by atoms with van der Waals surface area (Å²) in [4.78, 5) is 17.6. The summed E-state index contributed by atoms with van der Waals surface area (Å²) in [6.07, 6.45) is 1.51. The second-order valence-electron chi connectivity index (χ2n) is 4.64. The summed E-state index contributed by atoms with van der Waals surface area (Å²) >= 11 is 3.35. The molecule has 4 nitrogen and oxygen atoms in total. The monoisotopic (exact) mass is 328 g/mol. The molecule has 6 heteroatoms. The molecule has 1 N–H and O–H groups in total. The summed E-state index contributed by atoms with van der Waals surface area (Å²) in [5, 5.41) is 10.4. The van der Waals surface area contributed by atoms with Gasteiger partial charge in [0.25, 0.3) is 5.91 Å². The van der Waals surface area contributed by atoms with Crippen LogP contribution in [0.15, 0.2) is 47.1 Å². The molecule has 0 spiro atoms. The molecule has 0 saturated heterocycles. The van der Waals surface area contributed by atoms with Crippen molar-refractivity contribution in [1.82, 2.24) is 9.88 Å². The average Bonchev–Trinajstić information content (AvgIpc) is 2.63. The average molecular weight is 329 g/mol. The summed E-state index contributed by atoms with van der Waals surface area (Å²) in [6.45, 7) is 0.218. The fraction of sp³-hybridized carbons (Fsp3) is 0.143. The van der Waals surface area contributed by atoms with E-state index in [2.05, 4.69) is 20.9 Å². The summed E-state index contributed by atoms with van der Waals surface area (Å²) in [6, 6.07) is 10.7. The van der Waals surface area contributed by atoms with E-state index < -0.39 is 5.62 Å². The van der Waals surface area contributed by atoms with Crippen LogP contribution in [0.5, 0.6) is 0 Å². The van der Waals surface area contributed by atoms with E-state index >= 15 is 0 Å². The van der Waals surface area contributed by atoms with Crippen LogP contribution in [0.25, 0.3) is 0 Å². The van der Waals surface area contributed by atoms with Crippen molar-refractivity contribution in [3.05, 3.63) is 63.9 Å². The predicted octanol–water partition coefficient (Wildman–Crippen LogP) is 1.77. The van der Waals surface area contributed by atoms with E-state index in [9.17, 15) is 9.90 Å². The number of hydrogen-bond donors (Lipinski definition) is 1. The van der Waals surface area contributed by atoms with Gasteiger partial charge in [0.1, 0.15) is 5.62 Å². The lowest BCUT2D eigenvalue weighted by atomic mass is 9.87. The van der Waals surface area contributed by atoms with E-state index in [0.717, 1.165) is 10.0 Å². The van der Waals surface area contributed by atoms with Crippen LogP contribution in [0.1, 0.15) is 21.6 Å². The Bertz CT molecular complexity index is 673. The van der Waals surface area contributed by atoms with Gasteiger partial charge >= 0.3 is 0 Å². The van der Waals surface area contributed by atoms with Gasteiger partial charge in [0.05, 0.1) is 11.3 Å². The first-order chi connectivity index (χ1) is 9.50. The van der Waals surface area contributed by atoms with Gasteiger partial charge in [-0.3, -0.25) is 9.78 Å². The number of carbonyl (C=O) groups is 1. The van der Waals surface area contributed by atoms with E-state index in [1.807, 2.05) is 24.3 Å². The second-order valence-corrected chi connectivity index (χ2v) is 5.56. The number of nitrogens with zero attached hydrogens (tertiary/aromatic N) is 2. The number of pyridine rings is 1. The zero-order valence-electron chi connectivity index (χ0n) is 10.5. The Hall–Kier alpha value is -1.66. The van der Waals surface area contributed by atoms with Gasteiger partial charge in [-0.1, -0.05) is 28.1 Å². The third-order valence-corrected chi connectivity index (χ3v) is 3.83. The molecule has 0 aliphatic carbocycles. The van der Waals surface area contributed by atoms with Crippen molar-refractivity contribution in [3.8, 4) is 0 Å². The van der Waals surface area contributed by atoms with Crippen molar-refractivity contribution in [1.29, 1.82) is 0 Å². The Morgan fingerprint density at radius 2 is 2.00 bits per heavy atom. The van der Waals surface area contributed by atoms with Gasteiger partial charge in [-0.15, -0.1) is 0 Å². The van der Waals surface area contributed by atoms with Gasteiger partial charge < -0.3 is 10.0 Å². The van der Waals surface area contributed by atoms with Crippen LogP contribution in [-0.4, -0.2) is 28.7 Å². The summed E-state index contributed by atoms with van der Waals surface area (Å²) in [5.41, 5.74) is -0.462. The van der Waals surface area contributed by atoms with Crippen LogP contribution in [-0.2, 0) is 12.2 Å². The molecule has 0 fully saturated rings. The minimum atomic E-state index is -1.87. The molecule has 20 heavy (non-hydrogen) atoms. The fourth-order valence-electron chi connectivity index (χ4n) is 2.26. The standard InChI is InChI=1S/C14H10BBrN2O2/c15-14(20)12-11(2-1-7-17-12)13(19)18(14)8-9-3-5-10(16)6-4-9/h1-7,20H,8H2. The third kappa shape index (κ3) is 2.05. The number of rotatable bonds is 2. The first-order valence-electron chi connectivity index (χ1n) is 6.03. The van der Waals surface area contributed by atoms with Crippen LogP contribution in [0.2, 0.25) is 0 Å². The number of amides is 1. The van der Waals surface area contributed by atoms with Gasteiger partial charge in [0.2, 0.25) is 0 Å². The van der Waals surface area contributed by atoms with E-state index in [4.69, 9.17) is 7.85 Å². The highest BCUT2D eigenvalue weighted by Crippen LogP contribution is 2.34. The normalized spacial score (nSPS) is 21.1. The molecule has 3 rings (SSSR count). The van der Waals surface area contributed by atoms with Gasteiger partial charge in [0.15, 0.2) is 7.85 Å². The van der Waals surface area contributed by atoms with Crippen LogP contribution in [0.3, 0.4) is 0 Å². The van der Waals surface area contributed by atoms with Crippen molar-refractivity contribution in [2.75, 3.05) is 0 Å². The van der Waals surface area contributed by atoms with Crippen molar-refractivity contribution in [2.24, 2.45) is 0 Å². The molecule has 1 unspecified atom stereocenters. The van der Waals surface area contributed by atoms with E-state index in [0.29, 0.717) is 5.56 Å². The minimum Gasteiger partial charge on any atom is -0.374 e. The molecule has 2 aromatic rings. The number of halogens is 1. The largest absolute Gasteiger partial charge is 0.374 e. The minimum absolute atomic E-state index is 0.196. The Labute approximate surface area is 126 Å². The van der Waals surface area contributed by atoms with Crippen LogP contribution in [0, 0.1) is 0 Å². The van der Waals surface area contributed by atoms with Crippen LogP contribution < -0.4 is 0 Å². The van der Waals surface area contributed by atoms with Crippen molar-refractivity contribution < 1.29 is 9.90 Å². The highest BCUT2D eigenvalue weighted by Gasteiger charge is 2.45. The molecule has 0 saturated carbocycles. The smallest absolute Gasteiger partial charge is 0.258 e.